The molecule has 0 amide bonds. The second-order valence-corrected chi connectivity index (χ2v) is 8.65. The van der Waals surface area contributed by atoms with Gasteiger partial charge in [-0.2, -0.15) is 0 Å². The lowest BCUT2D eigenvalue weighted by Crippen LogP contribution is -2.43. The van der Waals surface area contributed by atoms with Crippen molar-refractivity contribution in [3.05, 3.63) is 29.3 Å². The molecule has 1 aliphatic heterocycles. The lowest BCUT2D eigenvalue weighted by atomic mass is 9.83. The normalized spacial score (nSPS) is 21.0. The summed E-state index contributed by atoms with van der Waals surface area (Å²) >= 11 is 0. The number of ether oxygens (including phenoxy) is 3. The molecule has 2 N–H and O–H groups in total. The van der Waals surface area contributed by atoms with E-state index in [9.17, 15) is 0 Å². The molecular weight excluding hydrogens is 378 g/mol. The van der Waals surface area contributed by atoms with Gasteiger partial charge in [0.15, 0.2) is 5.96 Å². The fourth-order valence-corrected chi connectivity index (χ4v) is 4.45. The Labute approximate surface area is 181 Å². The van der Waals surface area contributed by atoms with Crippen LogP contribution >= 0.6 is 0 Å². The zero-order valence-corrected chi connectivity index (χ0v) is 19.0. The maximum atomic E-state index is 6.23. The molecule has 1 aromatic rings. The summed E-state index contributed by atoms with van der Waals surface area (Å²) in [5.74, 6) is 1.78. The molecule has 1 unspecified atom stereocenters. The minimum atomic E-state index is 0.149. The average Bonchev–Trinajstić information content (AvgIpc) is 3.42. The van der Waals surface area contributed by atoms with Crippen molar-refractivity contribution in [3.63, 3.8) is 0 Å². The number of aryl methyl sites for hydroxylation is 1. The molecule has 1 aromatic carbocycles. The molecule has 1 atom stereocenters. The lowest BCUT2D eigenvalue weighted by Gasteiger charge is -2.30. The SMILES string of the molecule is CCOCCC1(CNC(=NC)NCc2ccc(C)cc2OC2CCOC2)CCCC1. The van der Waals surface area contributed by atoms with Crippen LogP contribution in [-0.2, 0) is 16.0 Å². The predicted octanol–water partition coefficient (Wildman–Crippen LogP) is 3.81. The molecule has 1 aliphatic carbocycles. The summed E-state index contributed by atoms with van der Waals surface area (Å²) in [6.07, 6.45) is 7.38. The van der Waals surface area contributed by atoms with Crippen LogP contribution in [0.3, 0.4) is 0 Å². The van der Waals surface area contributed by atoms with Crippen molar-refractivity contribution in [2.45, 2.75) is 65.0 Å². The van der Waals surface area contributed by atoms with Crippen molar-refractivity contribution in [2.24, 2.45) is 10.4 Å². The minimum absolute atomic E-state index is 0.149. The van der Waals surface area contributed by atoms with E-state index in [1.807, 2.05) is 7.05 Å². The summed E-state index contributed by atoms with van der Waals surface area (Å²) in [6, 6.07) is 6.39. The highest BCUT2D eigenvalue weighted by Crippen LogP contribution is 2.40. The molecule has 1 saturated carbocycles. The molecule has 0 bridgehead atoms. The Morgan fingerprint density at radius 1 is 1.27 bits per heavy atom. The Bertz CT molecular complexity index is 680. The minimum Gasteiger partial charge on any atom is -0.488 e. The van der Waals surface area contributed by atoms with Gasteiger partial charge in [-0.25, -0.2) is 0 Å². The van der Waals surface area contributed by atoms with Gasteiger partial charge in [-0.05, 0) is 50.2 Å². The summed E-state index contributed by atoms with van der Waals surface area (Å²) in [6.45, 7) is 8.87. The summed E-state index contributed by atoms with van der Waals surface area (Å²) in [7, 11) is 1.83. The number of aliphatic imine (C=N–C) groups is 1. The third kappa shape index (κ3) is 6.61. The van der Waals surface area contributed by atoms with Gasteiger partial charge >= 0.3 is 0 Å². The third-order valence-electron chi connectivity index (χ3n) is 6.35. The lowest BCUT2D eigenvalue weighted by molar-refractivity contribution is 0.105. The van der Waals surface area contributed by atoms with Crippen LogP contribution in [0.5, 0.6) is 5.75 Å². The molecule has 2 aliphatic rings. The molecule has 1 heterocycles. The van der Waals surface area contributed by atoms with Crippen LogP contribution in [0.1, 0.15) is 56.6 Å². The highest BCUT2D eigenvalue weighted by Gasteiger charge is 2.33. The Hall–Kier alpha value is -1.79. The van der Waals surface area contributed by atoms with Crippen molar-refractivity contribution < 1.29 is 14.2 Å². The fraction of sp³-hybridized carbons (Fsp3) is 0.708. The summed E-state index contributed by atoms with van der Waals surface area (Å²) in [5.41, 5.74) is 2.67. The van der Waals surface area contributed by atoms with E-state index < -0.39 is 0 Å². The molecule has 6 heteroatoms. The van der Waals surface area contributed by atoms with Crippen LogP contribution in [0.4, 0.5) is 0 Å². The Morgan fingerprint density at radius 2 is 2.10 bits per heavy atom. The van der Waals surface area contributed by atoms with Gasteiger partial charge in [-0.15, -0.1) is 0 Å². The number of hydrogen-bond acceptors (Lipinski definition) is 4. The van der Waals surface area contributed by atoms with Gasteiger partial charge in [-0.1, -0.05) is 25.0 Å². The van der Waals surface area contributed by atoms with Crippen molar-refractivity contribution in [1.29, 1.82) is 0 Å². The van der Waals surface area contributed by atoms with Gasteiger partial charge in [0.25, 0.3) is 0 Å². The first kappa shape index (κ1) is 22.9. The van der Waals surface area contributed by atoms with Crippen molar-refractivity contribution in [1.82, 2.24) is 10.6 Å². The zero-order valence-electron chi connectivity index (χ0n) is 19.0. The van der Waals surface area contributed by atoms with Crippen LogP contribution in [0.15, 0.2) is 23.2 Å². The van der Waals surface area contributed by atoms with E-state index in [1.54, 1.807) is 0 Å². The molecule has 0 aromatic heterocycles. The first-order valence-electron chi connectivity index (χ1n) is 11.5. The van der Waals surface area contributed by atoms with Gasteiger partial charge < -0.3 is 24.8 Å². The molecule has 0 spiro atoms. The number of guanidine groups is 1. The van der Waals surface area contributed by atoms with Gasteiger partial charge in [0, 0.05) is 45.3 Å². The second-order valence-electron chi connectivity index (χ2n) is 8.65. The Kier molecular flexibility index (Phi) is 8.82. The second kappa shape index (κ2) is 11.6. The topological polar surface area (TPSA) is 64.1 Å². The standard InChI is InChI=1S/C24H39N3O3/c1-4-28-14-12-24(10-5-6-11-24)18-27-23(25-3)26-16-20-8-7-19(2)15-22(20)30-21-9-13-29-17-21/h7-8,15,21H,4-6,9-14,16-18H2,1-3H3,(H2,25,26,27). The molecular formula is C24H39N3O3. The van der Waals surface area contributed by atoms with Crippen LogP contribution in [0.25, 0.3) is 0 Å². The first-order chi connectivity index (χ1) is 14.6. The van der Waals surface area contributed by atoms with E-state index in [0.29, 0.717) is 18.6 Å². The summed E-state index contributed by atoms with van der Waals surface area (Å²) in [4.78, 5) is 4.44. The maximum absolute atomic E-state index is 6.23. The molecule has 30 heavy (non-hydrogen) atoms. The molecule has 168 valence electrons. The largest absolute Gasteiger partial charge is 0.488 e. The number of nitrogens with one attached hydrogen (secondary N) is 2. The van der Waals surface area contributed by atoms with Gasteiger partial charge in [0.1, 0.15) is 11.9 Å². The van der Waals surface area contributed by atoms with Crippen LogP contribution in [-0.4, -0.2) is 52.1 Å². The predicted molar refractivity (Wildman–Crippen MR) is 121 cm³/mol. The highest BCUT2D eigenvalue weighted by atomic mass is 16.5. The summed E-state index contributed by atoms with van der Waals surface area (Å²) in [5, 5.41) is 7.05. The van der Waals surface area contributed by atoms with Crippen molar-refractivity contribution in [2.75, 3.05) is 40.0 Å². The number of hydrogen-bond donors (Lipinski definition) is 2. The van der Waals surface area contributed by atoms with Gasteiger partial charge in [0.05, 0.1) is 13.2 Å². The van der Waals surface area contributed by atoms with E-state index in [2.05, 4.69) is 47.7 Å². The van der Waals surface area contributed by atoms with E-state index in [1.165, 1.54) is 31.2 Å². The molecule has 0 radical (unpaired) electrons. The van der Waals surface area contributed by atoms with Gasteiger partial charge in [-0.3, -0.25) is 4.99 Å². The fourth-order valence-electron chi connectivity index (χ4n) is 4.45. The van der Waals surface area contributed by atoms with Crippen LogP contribution in [0, 0.1) is 12.3 Å². The maximum Gasteiger partial charge on any atom is 0.191 e. The van der Waals surface area contributed by atoms with E-state index in [-0.39, 0.29) is 6.10 Å². The molecule has 6 nitrogen and oxygen atoms in total. The van der Waals surface area contributed by atoms with E-state index >= 15 is 0 Å². The van der Waals surface area contributed by atoms with E-state index in [0.717, 1.165) is 56.5 Å². The molecule has 1 saturated heterocycles. The van der Waals surface area contributed by atoms with Crippen LogP contribution in [0.2, 0.25) is 0 Å². The monoisotopic (exact) mass is 417 g/mol. The number of benzene rings is 1. The van der Waals surface area contributed by atoms with Crippen molar-refractivity contribution >= 4 is 5.96 Å². The molecule has 2 fully saturated rings. The number of nitrogens with zero attached hydrogens (tertiary/aromatic N) is 1. The number of rotatable bonds is 10. The third-order valence-corrected chi connectivity index (χ3v) is 6.35. The first-order valence-corrected chi connectivity index (χ1v) is 11.5. The van der Waals surface area contributed by atoms with Crippen LogP contribution < -0.4 is 15.4 Å². The molecule has 3 rings (SSSR count). The van der Waals surface area contributed by atoms with Gasteiger partial charge in [0.2, 0.25) is 0 Å². The quantitative estimate of drug-likeness (QED) is 0.344. The average molecular weight is 418 g/mol. The summed E-state index contributed by atoms with van der Waals surface area (Å²) < 4.78 is 17.3. The van der Waals surface area contributed by atoms with E-state index in [4.69, 9.17) is 14.2 Å². The Balaban J connectivity index is 1.55. The highest BCUT2D eigenvalue weighted by molar-refractivity contribution is 5.79. The zero-order chi connectivity index (χ0) is 21.2. The Morgan fingerprint density at radius 3 is 2.80 bits per heavy atom. The smallest absolute Gasteiger partial charge is 0.191 e. The van der Waals surface area contributed by atoms with Crippen molar-refractivity contribution in [3.8, 4) is 5.75 Å².